The Hall–Kier alpha value is -2.63. The van der Waals surface area contributed by atoms with Gasteiger partial charge in [0.2, 0.25) is 0 Å². The summed E-state index contributed by atoms with van der Waals surface area (Å²) in [6.45, 7) is 4.69. The van der Waals surface area contributed by atoms with Gasteiger partial charge in [-0.3, -0.25) is 0 Å². The van der Waals surface area contributed by atoms with Crippen LogP contribution < -0.4 is 14.8 Å². The number of rotatable bonds is 6. The lowest BCUT2D eigenvalue weighted by Crippen LogP contribution is -2.39. The van der Waals surface area contributed by atoms with Crippen LogP contribution in [0.4, 0.5) is 4.79 Å². The van der Waals surface area contributed by atoms with Crippen LogP contribution >= 0.6 is 0 Å². The molecule has 2 heterocycles. The van der Waals surface area contributed by atoms with Gasteiger partial charge in [-0.25, -0.2) is 4.79 Å². The van der Waals surface area contributed by atoms with Gasteiger partial charge in [0.15, 0.2) is 11.5 Å². The summed E-state index contributed by atoms with van der Waals surface area (Å²) in [5.41, 5.74) is 1.02. The van der Waals surface area contributed by atoms with Gasteiger partial charge >= 0.3 is 6.03 Å². The monoisotopic (exact) mass is 343 g/mol. The Morgan fingerprint density at radius 3 is 2.72 bits per heavy atom. The van der Waals surface area contributed by atoms with Gasteiger partial charge in [-0.05, 0) is 43.2 Å². The van der Waals surface area contributed by atoms with Crippen LogP contribution in [-0.2, 0) is 6.54 Å². The zero-order valence-electron chi connectivity index (χ0n) is 14.8. The first-order valence-corrected chi connectivity index (χ1v) is 8.66. The molecule has 2 amide bonds. The first kappa shape index (κ1) is 17.2. The Kier molecular flexibility index (Phi) is 5.48. The third kappa shape index (κ3) is 4.26. The van der Waals surface area contributed by atoms with Crippen molar-refractivity contribution in [1.82, 2.24) is 14.8 Å². The van der Waals surface area contributed by atoms with Gasteiger partial charge in [0.25, 0.3) is 0 Å². The quantitative estimate of drug-likeness (QED) is 0.820. The highest BCUT2D eigenvalue weighted by molar-refractivity contribution is 5.74. The van der Waals surface area contributed by atoms with E-state index in [0.29, 0.717) is 19.8 Å². The first-order valence-electron chi connectivity index (χ1n) is 8.66. The molecule has 1 aliphatic heterocycles. The second kappa shape index (κ2) is 7.96. The SMILES string of the molecule is C[C@@H](c1ccc2c(c1)OCCO2)N(C)C(=O)NCCCn1cccc1. The zero-order chi connectivity index (χ0) is 17.6. The van der Waals surface area contributed by atoms with E-state index in [1.807, 2.05) is 56.7 Å². The highest BCUT2D eigenvalue weighted by atomic mass is 16.6. The van der Waals surface area contributed by atoms with E-state index in [4.69, 9.17) is 9.47 Å². The fourth-order valence-electron chi connectivity index (χ4n) is 2.82. The van der Waals surface area contributed by atoms with Crippen LogP contribution in [0, 0.1) is 0 Å². The average Bonchev–Trinajstić information content (AvgIpc) is 3.17. The maximum atomic E-state index is 12.4. The minimum Gasteiger partial charge on any atom is -0.486 e. The van der Waals surface area contributed by atoms with E-state index in [0.717, 1.165) is 30.0 Å². The molecule has 0 fully saturated rings. The Bertz CT molecular complexity index is 700. The number of benzene rings is 1. The molecule has 6 heteroatoms. The molecule has 0 spiro atoms. The number of aromatic nitrogens is 1. The molecule has 134 valence electrons. The fraction of sp³-hybridized carbons (Fsp3) is 0.421. The summed E-state index contributed by atoms with van der Waals surface area (Å²) in [6, 6.07) is 9.71. The second-order valence-electron chi connectivity index (χ2n) is 6.20. The van der Waals surface area contributed by atoms with Crippen molar-refractivity contribution in [3.63, 3.8) is 0 Å². The van der Waals surface area contributed by atoms with E-state index in [1.165, 1.54) is 0 Å². The van der Waals surface area contributed by atoms with E-state index < -0.39 is 0 Å². The number of fused-ring (bicyclic) bond motifs is 1. The van der Waals surface area contributed by atoms with E-state index >= 15 is 0 Å². The Morgan fingerprint density at radius 2 is 1.96 bits per heavy atom. The van der Waals surface area contributed by atoms with Crippen LogP contribution in [0.25, 0.3) is 0 Å². The number of hydrogen-bond acceptors (Lipinski definition) is 3. The molecule has 2 aromatic rings. The summed E-state index contributed by atoms with van der Waals surface area (Å²) in [4.78, 5) is 14.1. The van der Waals surface area contributed by atoms with E-state index in [1.54, 1.807) is 4.90 Å². The van der Waals surface area contributed by atoms with Crippen LogP contribution in [-0.4, -0.2) is 42.3 Å². The number of hydrogen-bond donors (Lipinski definition) is 1. The standard InChI is InChI=1S/C19H25N3O3/c1-15(16-6-7-17-18(14-16)25-13-12-24-17)21(2)19(23)20-8-5-11-22-9-3-4-10-22/h3-4,6-7,9-10,14-15H,5,8,11-13H2,1-2H3,(H,20,23)/t15-/m0/s1. The zero-order valence-corrected chi connectivity index (χ0v) is 14.8. The number of ether oxygens (including phenoxy) is 2. The number of nitrogens with one attached hydrogen (secondary N) is 1. The first-order chi connectivity index (χ1) is 12.1. The Morgan fingerprint density at radius 1 is 1.24 bits per heavy atom. The average molecular weight is 343 g/mol. The molecule has 0 aliphatic carbocycles. The van der Waals surface area contributed by atoms with E-state index in [-0.39, 0.29) is 12.1 Å². The lowest BCUT2D eigenvalue weighted by atomic mass is 10.1. The minimum absolute atomic E-state index is 0.0553. The molecule has 0 bridgehead atoms. The van der Waals surface area contributed by atoms with Gasteiger partial charge in [-0.2, -0.15) is 0 Å². The Labute approximate surface area is 148 Å². The maximum absolute atomic E-state index is 12.4. The van der Waals surface area contributed by atoms with Gasteiger partial charge in [-0.1, -0.05) is 6.07 Å². The molecule has 1 atom stereocenters. The molecular formula is C19H25N3O3. The number of carbonyl (C=O) groups excluding carboxylic acids is 1. The number of amides is 2. The van der Waals surface area contributed by atoms with Gasteiger partial charge in [0.1, 0.15) is 13.2 Å². The minimum atomic E-state index is -0.0742. The highest BCUT2D eigenvalue weighted by Gasteiger charge is 2.20. The normalized spacial score (nSPS) is 14.0. The molecule has 0 unspecified atom stereocenters. The van der Waals surface area contributed by atoms with Crippen molar-refractivity contribution in [1.29, 1.82) is 0 Å². The van der Waals surface area contributed by atoms with Crippen LogP contribution in [0.15, 0.2) is 42.7 Å². The molecule has 25 heavy (non-hydrogen) atoms. The smallest absolute Gasteiger partial charge is 0.317 e. The molecule has 0 saturated heterocycles. The highest BCUT2D eigenvalue weighted by Crippen LogP contribution is 2.33. The summed E-state index contributed by atoms with van der Waals surface area (Å²) >= 11 is 0. The predicted molar refractivity (Wildman–Crippen MR) is 96.1 cm³/mol. The molecule has 3 rings (SSSR count). The summed E-state index contributed by atoms with van der Waals surface area (Å²) in [7, 11) is 1.81. The van der Waals surface area contributed by atoms with Crippen LogP contribution in [0.1, 0.15) is 24.9 Å². The van der Waals surface area contributed by atoms with Crippen molar-refractivity contribution >= 4 is 6.03 Å². The number of aryl methyl sites for hydroxylation is 1. The van der Waals surface area contributed by atoms with E-state index in [9.17, 15) is 4.79 Å². The van der Waals surface area contributed by atoms with Gasteiger partial charge in [0.05, 0.1) is 6.04 Å². The molecule has 1 aromatic heterocycles. The summed E-state index contributed by atoms with van der Waals surface area (Å²) in [5.74, 6) is 1.51. The lowest BCUT2D eigenvalue weighted by molar-refractivity contribution is 0.170. The third-order valence-corrected chi connectivity index (χ3v) is 4.49. The fourth-order valence-corrected chi connectivity index (χ4v) is 2.82. The summed E-state index contributed by atoms with van der Waals surface area (Å²) < 4.78 is 13.3. The second-order valence-corrected chi connectivity index (χ2v) is 6.20. The molecule has 1 aliphatic rings. The van der Waals surface area contributed by atoms with Crippen molar-refractivity contribution in [3.05, 3.63) is 48.3 Å². The number of carbonyl (C=O) groups is 1. The summed E-state index contributed by atoms with van der Waals surface area (Å²) in [6.07, 6.45) is 4.95. The molecular weight excluding hydrogens is 318 g/mol. The molecule has 6 nitrogen and oxygen atoms in total. The van der Waals surface area contributed by atoms with Crippen molar-refractivity contribution in [2.45, 2.75) is 25.9 Å². The third-order valence-electron chi connectivity index (χ3n) is 4.49. The van der Waals surface area contributed by atoms with Gasteiger partial charge in [0, 0.05) is 32.5 Å². The van der Waals surface area contributed by atoms with Crippen LogP contribution in [0.3, 0.4) is 0 Å². The van der Waals surface area contributed by atoms with Gasteiger partial charge in [-0.15, -0.1) is 0 Å². The Balaban J connectivity index is 1.50. The van der Waals surface area contributed by atoms with Gasteiger partial charge < -0.3 is 24.3 Å². The molecule has 0 radical (unpaired) electrons. The van der Waals surface area contributed by atoms with Crippen molar-refractivity contribution in [3.8, 4) is 11.5 Å². The van der Waals surface area contributed by atoms with Crippen molar-refractivity contribution in [2.24, 2.45) is 0 Å². The van der Waals surface area contributed by atoms with Crippen molar-refractivity contribution < 1.29 is 14.3 Å². The molecule has 1 N–H and O–H groups in total. The molecule has 0 saturated carbocycles. The van der Waals surface area contributed by atoms with Crippen LogP contribution in [0.2, 0.25) is 0 Å². The van der Waals surface area contributed by atoms with E-state index in [2.05, 4.69) is 9.88 Å². The predicted octanol–water partition coefficient (Wildman–Crippen LogP) is 3.05. The number of urea groups is 1. The van der Waals surface area contributed by atoms with Crippen LogP contribution in [0.5, 0.6) is 11.5 Å². The van der Waals surface area contributed by atoms with Crippen molar-refractivity contribution in [2.75, 3.05) is 26.8 Å². The molecule has 1 aromatic carbocycles. The maximum Gasteiger partial charge on any atom is 0.317 e. The largest absolute Gasteiger partial charge is 0.486 e. The summed E-state index contributed by atoms with van der Waals surface area (Å²) in [5, 5.41) is 2.98. The lowest BCUT2D eigenvalue weighted by Gasteiger charge is -2.27. The topological polar surface area (TPSA) is 55.7 Å². The number of nitrogens with zero attached hydrogens (tertiary/aromatic N) is 2.